The summed E-state index contributed by atoms with van der Waals surface area (Å²) in [4.78, 5) is 9.88. The molecule has 0 spiro atoms. The monoisotopic (exact) mass is 590 g/mol. The molecule has 0 aliphatic heterocycles. The van der Waals surface area contributed by atoms with Crippen LogP contribution >= 0.6 is 34.0 Å². The summed E-state index contributed by atoms with van der Waals surface area (Å²) in [6, 6.07) is 8.72. The van der Waals surface area contributed by atoms with Gasteiger partial charge in [0.25, 0.3) is 0 Å². The summed E-state index contributed by atoms with van der Waals surface area (Å²) in [5.41, 5.74) is 9.58. The normalized spacial score (nSPS) is 9.23. The first-order valence-corrected chi connectivity index (χ1v) is 16.7. The van der Waals surface area contributed by atoms with E-state index in [2.05, 4.69) is 118 Å². The van der Waals surface area contributed by atoms with E-state index in [0.29, 0.717) is 0 Å². The van der Waals surface area contributed by atoms with Gasteiger partial charge < -0.3 is 0 Å². The quantitative estimate of drug-likeness (QED) is 0.215. The third-order valence-electron chi connectivity index (χ3n) is 6.12. The Hall–Kier alpha value is -1.75. The molecule has 0 saturated carbocycles. The highest BCUT2D eigenvalue weighted by Crippen LogP contribution is 2.19. The van der Waals surface area contributed by atoms with Gasteiger partial charge in [0, 0.05) is 20.9 Å². The van der Waals surface area contributed by atoms with E-state index in [9.17, 15) is 0 Å². The van der Waals surface area contributed by atoms with Crippen LogP contribution in [0.25, 0.3) is 0 Å². The molecule has 4 rings (SSSR count). The van der Waals surface area contributed by atoms with E-state index < -0.39 is 0 Å². The number of aromatic nitrogens is 1. The van der Waals surface area contributed by atoms with Crippen molar-refractivity contribution in [2.45, 2.75) is 124 Å². The van der Waals surface area contributed by atoms with Gasteiger partial charge in [-0.25, -0.2) is 4.98 Å². The fraction of sp³-hybridized carbons (Fsp3) is 0.514. The number of unbranched alkanes of at least 4 members (excludes halogenated alkanes) is 1. The molecule has 0 unspecified atom stereocenters. The van der Waals surface area contributed by atoms with E-state index in [1.807, 2.05) is 50.4 Å². The predicted octanol–water partition coefficient (Wildman–Crippen LogP) is 13.1. The molecule has 0 saturated heterocycles. The van der Waals surface area contributed by atoms with Gasteiger partial charge >= 0.3 is 0 Å². The summed E-state index contributed by atoms with van der Waals surface area (Å²) in [6.07, 6.45) is 2.64. The van der Waals surface area contributed by atoms with Crippen molar-refractivity contribution in [2.75, 3.05) is 0 Å². The number of rotatable bonds is 1. The molecule has 4 heteroatoms. The van der Waals surface area contributed by atoms with Crippen LogP contribution in [-0.2, 0) is 0 Å². The van der Waals surface area contributed by atoms with Crippen molar-refractivity contribution in [1.29, 1.82) is 0 Å². The van der Waals surface area contributed by atoms with E-state index in [1.54, 1.807) is 11.3 Å². The van der Waals surface area contributed by atoms with Gasteiger partial charge in [-0.3, -0.25) is 0 Å². The molecule has 222 valence electrons. The largest absolute Gasteiger partial charge is 0.247 e. The molecule has 0 radical (unpaired) electrons. The number of aryl methyl sites for hydroxylation is 11. The summed E-state index contributed by atoms with van der Waals surface area (Å²) in [7, 11) is 0. The van der Waals surface area contributed by atoms with Crippen molar-refractivity contribution in [3.63, 3.8) is 0 Å². The SMILES string of the molecule is CC.CCCC.Cc1cc(C)c(C)s1.Cc1ccc(C)c(C)c1.Cc1csc(C)c1C.Cc1nc(C)c(C)s1.[2HH]. The first-order chi connectivity index (χ1) is 18.2. The Bertz CT molecular complexity index is 1080. The van der Waals surface area contributed by atoms with Crippen LogP contribution in [0, 0.1) is 83.1 Å². The Labute approximate surface area is 256 Å². The van der Waals surface area contributed by atoms with Gasteiger partial charge in [0.1, 0.15) is 0 Å². The van der Waals surface area contributed by atoms with E-state index in [-0.39, 0.29) is 1.43 Å². The lowest BCUT2D eigenvalue weighted by Crippen LogP contribution is -1.79. The van der Waals surface area contributed by atoms with Crippen molar-refractivity contribution in [3.8, 4) is 0 Å². The minimum absolute atomic E-state index is 0. The fourth-order valence-electron chi connectivity index (χ4n) is 2.91. The van der Waals surface area contributed by atoms with Crippen molar-refractivity contribution in [1.82, 2.24) is 4.98 Å². The third kappa shape index (κ3) is 17.5. The number of nitrogens with zero attached hydrogens (tertiary/aromatic N) is 1. The number of thiazole rings is 1. The second kappa shape index (κ2) is 22.0. The molecule has 3 heterocycles. The van der Waals surface area contributed by atoms with Crippen LogP contribution < -0.4 is 0 Å². The Kier molecular flexibility index (Phi) is 22.2. The van der Waals surface area contributed by atoms with Crippen molar-refractivity contribution in [3.05, 3.63) is 93.2 Å². The molecule has 1 aromatic carbocycles. The summed E-state index contributed by atoms with van der Waals surface area (Å²) in [6.45, 7) is 33.9. The summed E-state index contributed by atoms with van der Waals surface area (Å²) >= 11 is 5.46. The number of thiophene rings is 2. The standard InChI is InChI=1S/C9H12.2C7H10S.C6H9NS.C4H10.C2H6.H2/c1-7-4-5-8(2)9(3)6-7;1-5-4-8-7(3)6(5)2;1-5-4-6(2)8-7(5)3;1-4-5(2)8-6(3)7-4;1-3-4-2;1-2;/h4-6H,1-3H3;2*4H,1-3H3;1-3H3;3-4H2,1-2H3;1-2H3;1H/i;;;;;;1+1. The Morgan fingerprint density at radius 2 is 1.18 bits per heavy atom. The Morgan fingerprint density at radius 3 is 1.36 bits per heavy atom. The molecule has 1 nitrogen and oxygen atoms in total. The molecule has 0 N–H and O–H groups in total. The highest BCUT2D eigenvalue weighted by molar-refractivity contribution is 7.12. The van der Waals surface area contributed by atoms with E-state index in [0.717, 1.165) is 0 Å². The van der Waals surface area contributed by atoms with Gasteiger partial charge in [0.15, 0.2) is 0 Å². The van der Waals surface area contributed by atoms with Crippen LogP contribution in [0.4, 0.5) is 0 Å². The summed E-state index contributed by atoms with van der Waals surface area (Å²) in [5, 5.41) is 3.37. The molecule has 0 aliphatic carbocycles. The van der Waals surface area contributed by atoms with Crippen LogP contribution in [0.3, 0.4) is 0 Å². The smallest absolute Gasteiger partial charge is 0.0899 e. The zero-order valence-corrected chi connectivity index (χ0v) is 30.4. The molecule has 4 aromatic rings. The molecule has 0 fully saturated rings. The molecule has 0 aliphatic rings. The number of hydrogen-bond acceptors (Lipinski definition) is 4. The number of hydrogen-bond donors (Lipinski definition) is 0. The molecule has 39 heavy (non-hydrogen) atoms. The zero-order chi connectivity index (χ0) is 30.7. The average Bonchev–Trinajstić information content (AvgIpc) is 3.48. The van der Waals surface area contributed by atoms with Crippen LogP contribution in [0.5, 0.6) is 0 Å². The topological polar surface area (TPSA) is 12.9 Å². The molecule has 0 bridgehead atoms. The lowest BCUT2D eigenvalue weighted by atomic mass is 10.1. The van der Waals surface area contributed by atoms with Crippen LogP contribution in [0.2, 0.25) is 0 Å². The minimum atomic E-state index is 0. The third-order valence-corrected chi connectivity index (χ3v) is 9.31. The van der Waals surface area contributed by atoms with Gasteiger partial charge in [-0.1, -0.05) is 64.3 Å². The van der Waals surface area contributed by atoms with Crippen LogP contribution in [0.15, 0.2) is 29.6 Å². The Balaban J connectivity index is -0.000000425. The van der Waals surface area contributed by atoms with Crippen LogP contribution in [-0.4, -0.2) is 4.98 Å². The summed E-state index contributed by atoms with van der Waals surface area (Å²) < 4.78 is 0. The molecule has 3 aromatic heterocycles. The van der Waals surface area contributed by atoms with E-state index in [4.69, 9.17) is 0 Å². The average molecular weight is 591 g/mol. The van der Waals surface area contributed by atoms with Gasteiger partial charge in [0.2, 0.25) is 0 Å². The summed E-state index contributed by atoms with van der Waals surface area (Å²) in [5.74, 6) is 0. The molecule has 0 atom stereocenters. The maximum Gasteiger partial charge on any atom is 0.0899 e. The van der Waals surface area contributed by atoms with Crippen molar-refractivity contribution < 1.29 is 1.43 Å². The van der Waals surface area contributed by atoms with Crippen molar-refractivity contribution >= 4 is 34.0 Å². The Morgan fingerprint density at radius 1 is 0.615 bits per heavy atom. The first kappa shape index (κ1) is 39.4. The predicted molar refractivity (Wildman–Crippen MR) is 188 cm³/mol. The molecular weight excluding hydrogens is 531 g/mol. The molecular formula is C35H59NS3. The van der Waals surface area contributed by atoms with Crippen LogP contribution in [0.1, 0.15) is 106 Å². The zero-order valence-electron chi connectivity index (χ0n) is 28.0. The second-order valence-corrected chi connectivity index (χ2v) is 13.6. The van der Waals surface area contributed by atoms with Gasteiger partial charge in [-0.05, 0) is 122 Å². The lowest BCUT2D eigenvalue weighted by Gasteiger charge is -1.98. The van der Waals surface area contributed by atoms with Gasteiger partial charge in [-0.15, -0.1) is 34.0 Å². The van der Waals surface area contributed by atoms with Crippen molar-refractivity contribution in [2.24, 2.45) is 0 Å². The highest BCUT2D eigenvalue weighted by atomic mass is 32.1. The maximum absolute atomic E-state index is 4.23. The lowest BCUT2D eigenvalue weighted by molar-refractivity contribution is 0.886. The molecule has 0 amide bonds. The van der Waals surface area contributed by atoms with E-state index in [1.165, 1.54) is 76.4 Å². The fourth-order valence-corrected chi connectivity index (χ4v) is 5.54. The van der Waals surface area contributed by atoms with Gasteiger partial charge in [0.05, 0.1) is 10.7 Å². The maximum atomic E-state index is 4.23. The highest BCUT2D eigenvalue weighted by Gasteiger charge is 1.96. The van der Waals surface area contributed by atoms with Gasteiger partial charge in [-0.2, -0.15) is 0 Å². The minimum Gasteiger partial charge on any atom is -0.247 e. The van der Waals surface area contributed by atoms with E-state index >= 15 is 0 Å². The second-order valence-electron chi connectivity index (χ2n) is 9.66. The number of benzene rings is 1. The first-order valence-electron chi connectivity index (χ1n) is 14.2.